The first kappa shape index (κ1) is 27.0. The minimum Gasteiger partial charge on any atom is -0.483 e. The van der Waals surface area contributed by atoms with Crippen LogP contribution in [-0.2, 0) is 21.4 Å². The molecular weight excluding hydrogens is 580 g/mol. The molecule has 1 aromatic heterocycles. The third-order valence-electron chi connectivity index (χ3n) is 9.16. The van der Waals surface area contributed by atoms with Crippen LogP contribution in [0, 0.1) is 5.92 Å². The molecule has 6 rings (SSSR count). The second-order valence-corrected chi connectivity index (χ2v) is 13.8. The van der Waals surface area contributed by atoms with Gasteiger partial charge in [0.05, 0.1) is 17.1 Å². The third kappa shape index (κ3) is 4.11. The number of likely N-dealkylation sites (tertiary alicyclic amines) is 1. The highest BCUT2D eigenvalue weighted by Crippen LogP contribution is 2.65. The number of likely N-dealkylation sites (N-methyl/N-ethyl adjacent to an activating group) is 1. The lowest BCUT2D eigenvalue weighted by molar-refractivity contribution is -0.197. The number of nitrogens with zero attached hydrogens (tertiary/aromatic N) is 2. The Bertz CT molecular complexity index is 1360. The first-order valence-corrected chi connectivity index (χ1v) is 15.4. The summed E-state index contributed by atoms with van der Waals surface area (Å²) < 4.78 is 13.4. The Morgan fingerprint density at radius 3 is 2.85 bits per heavy atom. The van der Waals surface area contributed by atoms with Crippen LogP contribution in [-0.4, -0.2) is 70.7 Å². The van der Waals surface area contributed by atoms with Gasteiger partial charge in [0.1, 0.15) is 6.10 Å². The molecule has 0 unspecified atom stereocenters. The van der Waals surface area contributed by atoms with Crippen LogP contribution in [0.25, 0.3) is 6.08 Å². The molecule has 1 amide bonds. The molecular formula is C30H35BrN2O5S. The van der Waals surface area contributed by atoms with E-state index in [2.05, 4.69) is 41.7 Å². The fourth-order valence-corrected chi connectivity index (χ4v) is 9.05. The molecule has 39 heavy (non-hydrogen) atoms. The summed E-state index contributed by atoms with van der Waals surface area (Å²) in [7, 11) is 2.09. The normalized spacial score (nSPS) is 30.8. The second kappa shape index (κ2) is 9.72. The van der Waals surface area contributed by atoms with Crippen molar-refractivity contribution >= 4 is 45.2 Å². The quantitative estimate of drug-likeness (QED) is 0.286. The van der Waals surface area contributed by atoms with E-state index in [0.717, 1.165) is 27.0 Å². The number of carbonyl (C=O) groups excluding carboxylic acids is 2. The molecule has 1 aromatic carbocycles. The number of carbonyl (C=O) groups is 2. The number of esters is 1. The molecule has 0 radical (unpaired) electrons. The number of hydrogen-bond donors (Lipinski definition) is 1. The number of rotatable bonds is 6. The van der Waals surface area contributed by atoms with E-state index in [0.29, 0.717) is 43.7 Å². The third-order valence-corrected chi connectivity index (χ3v) is 10.8. The molecule has 1 N–H and O–H groups in total. The molecule has 7 nitrogen and oxygen atoms in total. The van der Waals surface area contributed by atoms with E-state index in [1.165, 1.54) is 6.92 Å². The number of amides is 1. The molecule has 3 heterocycles. The first-order chi connectivity index (χ1) is 18.5. The number of thiophene rings is 1. The fraction of sp³-hybridized carbons (Fsp3) is 0.533. The summed E-state index contributed by atoms with van der Waals surface area (Å²) in [6, 6.07) is 5.57. The van der Waals surface area contributed by atoms with Crippen molar-refractivity contribution in [2.24, 2.45) is 5.92 Å². The van der Waals surface area contributed by atoms with Gasteiger partial charge >= 0.3 is 5.97 Å². The number of benzene rings is 1. The van der Waals surface area contributed by atoms with Crippen molar-refractivity contribution in [3.8, 4) is 11.5 Å². The average Bonchev–Trinajstić information content (AvgIpc) is 3.45. The summed E-state index contributed by atoms with van der Waals surface area (Å²) in [6.07, 6.45) is 5.73. The minimum atomic E-state index is -1.00. The van der Waals surface area contributed by atoms with E-state index in [-0.39, 0.29) is 23.9 Å². The Kier molecular flexibility index (Phi) is 6.72. The van der Waals surface area contributed by atoms with Gasteiger partial charge in [0.15, 0.2) is 11.5 Å². The van der Waals surface area contributed by atoms with Gasteiger partial charge in [0.25, 0.3) is 0 Å². The molecule has 2 bridgehead atoms. The zero-order valence-corrected chi connectivity index (χ0v) is 25.2. The largest absolute Gasteiger partial charge is 0.483 e. The Balaban J connectivity index is 1.45. The van der Waals surface area contributed by atoms with Crippen LogP contribution < -0.4 is 9.47 Å². The lowest BCUT2D eigenvalue weighted by atomic mass is 9.48. The molecule has 2 aromatic rings. The van der Waals surface area contributed by atoms with Gasteiger partial charge in [-0.05, 0) is 84.9 Å². The monoisotopic (exact) mass is 614 g/mol. The van der Waals surface area contributed by atoms with Crippen LogP contribution in [0.4, 0.5) is 0 Å². The topological polar surface area (TPSA) is 79.3 Å². The Morgan fingerprint density at radius 2 is 2.15 bits per heavy atom. The molecule has 1 spiro atoms. The number of hydrogen-bond acceptors (Lipinski definition) is 7. The van der Waals surface area contributed by atoms with Gasteiger partial charge in [-0.25, -0.2) is 0 Å². The summed E-state index contributed by atoms with van der Waals surface area (Å²) in [6.45, 7) is 7.02. The Labute approximate surface area is 241 Å². The summed E-state index contributed by atoms with van der Waals surface area (Å²) in [5, 5.41) is 14.6. The Morgan fingerprint density at radius 1 is 1.36 bits per heavy atom. The van der Waals surface area contributed by atoms with E-state index in [1.54, 1.807) is 17.4 Å². The van der Waals surface area contributed by atoms with Gasteiger partial charge < -0.3 is 24.4 Å². The van der Waals surface area contributed by atoms with Crippen molar-refractivity contribution in [3.63, 3.8) is 0 Å². The predicted molar refractivity (Wildman–Crippen MR) is 154 cm³/mol. The van der Waals surface area contributed by atoms with Crippen molar-refractivity contribution < 1.29 is 24.2 Å². The van der Waals surface area contributed by atoms with E-state index in [9.17, 15) is 14.7 Å². The van der Waals surface area contributed by atoms with E-state index < -0.39 is 23.1 Å². The highest BCUT2D eigenvalue weighted by molar-refractivity contribution is 9.10. The second-order valence-electron chi connectivity index (χ2n) is 11.9. The van der Waals surface area contributed by atoms with Gasteiger partial charge in [0, 0.05) is 45.9 Å². The van der Waals surface area contributed by atoms with Crippen LogP contribution in [0.3, 0.4) is 0 Å². The summed E-state index contributed by atoms with van der Waals surface area (Å²) >= 11 is 5.06. The first-order valence-electron chi connectivity index (χ1n) is 13.7. The molecule has 2 fully saturated rings. The molecule has 4 aliphatic rings. The standard InChI is InChI=1S/C30H35BrN2O5S/c1-17(2)15-33(25(35)8-6-21-14-20(31)16-39-21)22-9-10-30(36)24-13-19-5-7-23(37-18(3)34)27-26(19)29(30,28(22)38-27)11-12-32(24)4/h5-8,14,16-17,22,24,28,36H,9-13,15H2,1-4H3/b8-6+/t22-,24+,28-,29-,30+/m0/s1. The van der Waals surface area contributed by atoms with Crippen LogP contribution in [0.5, 0.6) is 11.5 Å². The molecule has 1 saturated carbocycles. The molecule has 9 heteroatoms. The molecule has 2 aliphatic carbocycles. The van der Waals surface area contributed by atoms with Crippen molar-refractivity contribution in [2.75, 3.05) is 20.1 Å². The number of piperidine rings is 1. The van der Waals surface area contributed by atoms with E-state index in [4.69, 9.17) is 9.47 Å². The summed E-state index contributed by atoms with van der Waals surface area (Å²) in [4.78, 5) is 31.1. The van der Waals surface area contributed by atoms with Crippen molar-refractivity contribution in [2.45, 2.75) is 75.7 Å². The maximum atomic E-state index is 13.8. The highest BCUT2D eigenvalue weighted by Gasteiger charge is 2.73. The minimum absolute atomic E-state index is 0.0391. The lowest BCUT2D eigenvalue weighted by Gasteiger charge is -2.64. The van der Waals surface area contributed by atoms with Gasteiger partial charge in [-0.15, -0.1) is 11.3 Å². The predicted octanol–water partition coefficient (Wildman–Crippen LogP) is 4.79. The number of ether oxygens (including phenoxy) is 2. The van der Waals surface area contributed by atoms with Gasteiger partial charge in [-0.2, -0.15) is 0 Å². The van der Waals surface area contributed by atoms with Crippen molar-refractivity contribution in [1.82, 2.24) is 9.80 Å². The van der Waals surface area contributed by atoms with Crippen LogP contribution in [0.2, 0.25) is 0 Å². The lowest BCUT2D eigenvalue weighted by Crippen LogP contribution is -2.78. The average molecular weight is 616 g/mol. The number of halogens is 1. The van der Waals surface area contributed by atoms with Crippen molar-refractivity contribution in [1.29, 1.82) is 0 Å². The zero-order valence-electron chi connectivity index (χ0n) is 22.8. The highest BCUT2D eigenvalue weighted by atomic mass is 79.9. The smallest absolute Gasteiger partial charge is 0.308 e. The van der Waals surface area contributed by atoms with Crippen LogP contribution in [0.1, 0.15) is 56.0 Å². The van der Waals surface area contributed by atoms with Crippen LogP contribution in [0.15, 0.2) is 34.1 Å². The fourth-order valence-electron chi connectivity index (χ4n) is 7.72. The maximum absolute atomic E-state index is 13.8. The Hall–Kier alpha value is -2.20. The zero-order chi connectivity index (χ0) is 27.7. The van der Waals surface area contributed by atoms with Gasteiger partial charge in [-0.3, -0.25) is 9.59 Å². The molecule has 208 valence electrons. The SMILES string of the molecule is CC(=O)Oc1ccc2c3c1O[C@H]1[C@@H](N(CC(C)C)C(=O)/C=C/c4cc(Br)cs4)CC[C@@]4(O)[C@@H](C2)N(C)CC[C@]314. The van der Waals surface area contributed by atoms with E-state index >= 15 is 0 Å². The van der Waals surface area contributed by atoms with Gasteiger partial charge in [-0.1, -0.05) is 19.9 Å². The molecule has 5 atom stereocenters. The van der Waals surface area contributed by atoms with E-state index in [1.807, 2.05) is 34.6 Å². The maximum Gasteiger partial charge on any atom is 0.308 e. The number of aliphatic hydroxyl groups is 1. The molecule has 1 saturated heterocycles. The summed E-state index contributed by atoms with van der Waals surface area (Å²) in [5.74, 6) is 0.753. The molecule has 2 aliphatic heterocycles. The van der Waals surface area contributed by atoms with Crippen LogP contribution >= 0.6 is 27.3 Å². The summed E-state index contributed by atoms with van der Waals surface area (Å²) in [5.41, 5.74) is 0.443. The van der Waals surface area contributed by atoms with Crippen molar-refractivity contribution in [3.05, 3.63) is 50.1 Å². The van der Waals surface area contributed by atoms with Gasteiger partial charge in [0.2, 0.25) is 5.91 Å².